The van der Waals surface area contributed by atoms with Crippen molar-refractivity contribution in [3.63, 3.8) is 0 Å². The lowest BCUT2D eigenvalue weighted by atomic mass is 10.1. The molecule has 2 aromatic rings. The minimum Gasteiger partial charge on any atom is -0.323 e. The van der Waals surface area contributed by atoms with Gasteiger partial charge in [0.05, 0.1) is 19.2 Å². The second-order valence-corrected chi connectivity index (χ2v) is 6.62. The molecule has 1 unspecified atom stereocenters. The highest BCUT2D eigenvalue weighted by atomic mass is 16.2. The zero-order valence-corrected chi connectivity index (χ0v) is 14.4. The number of benzene rings is 2. The third-order valence-electron chi connectivity index (χ3n) is 4.66. The molecule has 4 nitrogen and oxygen atoms in total. The van der Waals surface area contributed by atoms with Crippen LogP contribution in [0.4, 0.5) is 5.69 Å². The molecule has 4 heteroatoms. The maximum atomic E-state index is 12.9. The molecule has 2 aromatic carbocycles. The Kier molecular flexibility index (Phi) is 4.49. The van der Waals surface area contributed by atoms with Gasteiger partial charge in [-0.05, 0) is 25.5 Å². The van der Waals surface area contributed by atoms with Gasteiger partial charge in [0, 0.05) is 5.56 Å². The van der Waals surface area contributed by atoms with Crippen molar-refractivity contribution in [2.24, 2.45) is 0 Å². The standard InChI is InChI=1S/C20H22N2O2/c1-14-9-10-17(15(2)11-14)22-19(23)12-18(20(22)24)21(3)13-16-7-5-4-6-8-16/h4-11,18H,12-13H2,1-3H3/p+1/t18-/m1/s1. The van der Waals surface area contributed by atoms with Gasteiger partial charge >= 0.3 is 0 Å². The summed E-state index contributed by atoms with van der Waals surface area (Å²) in [5.41, 5.74) is 3.96. The largest absolute Gasteiger partial charge is 0.323 e. The number of hydrogen-bond acceptors (Lipinski definition) is 2. The normalized spacial score (nSPS) is 19.0. The lowest BCUT2D eigenvalue weighted by Crippen LogP contribution is -3.12. The minimum atomic E-state index is -0.321. The lowest BCUT2D eigenvalue weighted by molar-refractivity contribution is -0.908. The van der Waals surface area contributed by atoms with E-state index >= 15 is 0 Å². The molecule has 0 aromatic heterocycles. The number of aryl methyl sites for hydroxylation is 2. The number of imide groups is 1. The third-order valence-corrected chi connectivity index (χ3v) is 4.66. The Morgan fingerprint density at radius 3 is 2.46 bits per heavy atom. The number of quaternary nitrogens is 1. The summed E-state index contributed by atoms with van der Waals surface area (Å²) >= 11 is 0. The number of carbonyl (C=O) groups excluding carboxylic acids is 2. The minimum absolute atomic E-state index is 0.0969. The summed E-state index contributed by atoms with van der Waals surface area (Å²) in [6.45, 7) is 4.67. The molecule has 1 N–H and O–H groups in total. The maximum absolute atomic E-state index is 12.9. The fourth-order valence-corrected chi connectivity index (χ4v) is 3.37. The number of hydrogen-bond donors (Lipinski definition) is 1. The van der Waals surface area contributed by atoms with E-state index in [1.165, 1.54) is 10.5 Å². The predicted octanol–water partition coefficient (Wildman–Crippen LogP) is 1.65. The van der Waals surface area contributed by atoms with Crippen molar-refractivity contribution >= 4 is 17.5 Å². The van der Waals surface area contributed by atoms with Gasteiger partial charge in [-0.25, -0.2) is 4.90 Å². The van der Waals surface area contributed by atoms with Crippen LogP contribution in [-0.2, 0) is 16.1 Å². The highest BCUT2D eigenvalue weighted by Gasteiger charge is 2.44. The molecule has 1 saturated heterocycles. The van der Waals surface area contributed by atoms with E-state index in [-0.39, 0.29) is 24.3 Å². The highest BCUT2D eigenvalue weighted by molar-refractivity contribution is 6.22. The molecule has 0 bridgehead atoms. The molecule has 3 rings (SSSR count). The summed E-state index contributed by atoms with van der Waals surface area (Å²) in [4.78, 5) is 27.8. The molecule has 124 valence electrons. The lowest BCUT2D eigenvalue weighted by Gasteiger charge is -2.21. The van der Waals surface area contributed by atoms with Crippen LogP contribution < -0.4 is 9.80 Å². The van der Waals surface area contributed by atoms with E-state index in [2.05, 4.69) is 0 Å². The first-order valence-electron chi connectivity index (χ1n) is 8.27. The Bertz CT molecular complexity index is 770. The number of nitrogens with zero attached hydrogens (tertiary/aromatic N) is 1. The summed E-state index contributed by atoms with van der Waals surface area (Å²) in [5.74, 6) is -0.204. The Hall–Kier alpha value is -2.46. The SMILES string of the molecule is Cc1ccc(N2C(=O)C[C@@H]([NH+](C)Cc3ccccc3)C2=O)c(C)c1. The van der Waals surface area contributed by atoms with Gasteiger partial charge in [-0.1, -0.05) is 48.0 Å². The van der Waals surface area contributed by atoms with Crippen molar-refractivity contribution in [3.05, 3.63) is 65.2 Å². The van der Waals surface area contributed by atoms with Gasteiger partial charge in [0.2, 0.25) is 5.91 Å². The van der Waals surface area contributed by atoms with Gasteiger partial charge in [-0.3, -0.25) is 9.59 Å². The topological polar surface area (TPSA) is 41.8 Å². The number of amides is 2. The van der Waals surface area contributed by atoms with Crippen LogP contribution in [0.25, 0.3) is 0 Å². The summed E-state index contributed by atoms with van der Waals surface area (Å²) in [5, 5.41) is 0. The van der Waals surface area contributed by atoms with Crippen LogP contribution in [0.15, 0.2) is 48.5 Å². The molecule has 1 heterocycles. The van der Waals surface area contributed by atoms with Gasteiger partial charge < -0.3 is 4.90 Å². The second-order valence-electron chi connectivity index (χ2n) is 6.62. The van der Waals surface area contributed by atoms with E-state index in [1.54, 1.807) is 0 Å². The molecule has 0 radical (unpaired) electrons. The fourth-order valence-electron chi connectivity index (χ4n) is 3.37. The molecule has 0 aliphatic carbocycles. The first kappa shape index (κ1) is 16.4. The molecular formula is C20H23N2O2+. The Labute approximate surface area is 142 Å². The van der Waals surface area contributed by atoms with Crippen LogP contribution >= 0.6 is 0 Å². The van der Waals surface area contributed by atoms with E-state index in [0.29, 0.717) is 5.69 Å². The van der Waals surface area contributed by atoms with Gasteiger partial charge in [-0.15, -0.1) is 0 Å². The van der Waals surface area contributed by atoms with Gasteiger partial charge in [0.1, 0.15) is 6.54 Å². The second kappa shape index (κ2) is 6.57. The zero-order chi connectivity index (χ0) is 17.3. The molecule has 2 amide bonds. The van der Waals surface area contributed by atoms with Crippen LogP contribution in [0.3, 0.4) is 0 Å². The molecule has 0 spiro atoms. The van der Waals surface area contributed by atoms with Crippen LogP contribution in [0, 0.1) is 13.8 Å². The number of likely N-dealkylation sites (N-methyl/N-ethyl adjacent to an activating group) is 1. The molecular weight excluding hydrogens is 300 g/mol. The van der Waals surface area contributed by atoms with Crippen molar-refractivity contribution < 1.29 is 14.5 Å². The van der Waals surface area contributed by atoms with Crippen LogP contribution in [0.2, 0.25) is 0 Å². The number of carbonyl (C=O) groups is 2. The number of anilines is 1. The average molecular weight is 323 g/mol. The van der Waals surface area contributed by atoms with Crippen LogP contribution in [0.1, 0.15) is 23.1 Å². The Morgan fingerprint density at radius 1 is 1.08 bits per heavy atom. The van der Waals surface area contributed by atoms with Crippen LogP contribution in [-0.4, -0.2) is 24.9 Å². The van der Waals surface area contributed by atoms with E-state index in [9.17, 15) is 9.59 Å². The molecule has 2 atom stereocenters. The highest BCUT2D eigenvalue weighted by Crippen LogP contribution is 2.26. The fraction of sp³-hybridized carbons (Fsp3) is 0.300. The van der Waals surface area contributed by atoms with Gasteiger partial charge in [0.25, 0.3) is 5.91 Å². The average Bonchev–Trinajstić information content (AvgIpc) is 2.84. The Morgan fingerprint density at radius 2 is 1.79 bits per heavy atom. The van der Waals surface area contributed by atoms with E-state index in [0.717, 1.165) is 22.6 Å². The molecule has 1 fully saturated rings. The predicted molar refractivity (Wildman–Crippen MR) is 93.8 cm³/mol. The monoisotopic (exact) mass is 323 g/mol. The first-order chi connectivity index (χ1) is 11.5. The van der Waals surface area contributed by atoms with Crippen molar-refractivity contribution in [1.29, 1.82) is 0 Å². The van der Waals surface area contributed by atoms with Gasteiger partial charge in [-0.2, -0.15) is 0 Å². The van der Waals surface area contributed by atoms with Gasteiger partial charge in [0.15, 0.2) is 6.04 Å². The molecule has 1 aliphatic heterocycles. The molecule has 24 heavy (non-hydrogen) atoms. The van der Waals surface area contributed by atoms with E-state index < -0.39 is 0 Å². The number of nitrogens with one attached hydrogen (secondary N) is 1. The van der Waals surface area contributed by atoms with E-state index in [4.69, 9.17) is 0 Å². The maximum Gasteiger partial charge on any atom is 0.292 e. The van der Waals surface area contributed by atoms with Crippen molar-refractivity contribution in [3.8, 4) is 0 Å². The summed E-state index contributed by atoms with van der Waals surface area (Å²) in [6, 6.07) is 15.6. The zero-order valence-electron chi connectivity index (χ0n) is 14.4. The van der Waals surface area contributed by atoms with Crippen molar-refractivity contribution in [2.45, 2.75) is 32.9 Å². The molecule has 0 saturated carbocycles. The first-order valence-corrected chi connectivity index (χ1v) is 8.27. The number of rotatable bonds is 4. The van der Waals surface area contributed by atoms with Crippen molar-refractivity contribution in [1.82, 2.24) is 0 Å². The summed E-state index contributed by atoms with van der Waals surface area (Å²) in [6.07, 6.45) is 0.269. The summed E-state index contributed by atoms with van der Waals surface area (Å²) in [7, 11) is 1.98. The quantitative estimate of drug-likeness (QED) is 0.870. The van der Waals surface area contributed by atoms with E-state index in [1.807, 2.05) is 69.4 Å². The van der Waals surface area contributed by atoms with Crippen LogP contribution in [0.5, 0.6) is 0 Å². The Balaban J connectivity index is 1.81. The smallest absolute Gasteiger partial charge is 0.292 e. The summed E-state index contributed by atoms with van der Waals surface area (Å²) < 4.78 is 0. The molecule has 1 aliphatic rings. The van der Waals surface area contributed by atoms with Crippen molar-refractivity contribution in [2.75, 3.05) is 11.9 Å². The third kappa shape index (κ3) is 3.10.